The van der Waals surface area contributed by atoms with Crippen LogP contribution in [-0.2, 0) is 4.79 Å². The first-order valence-electron chi connectivity index (χ1n) is 4.32. The number of ether oxygens (including phenoxy) is 1. The Morgan fingerprint density at radius 1 is 1.33 bits per heavy atom. The van der Waals surface area contributed by atoms with E-state index < -0.39 is 16.9 Å². The number of aliphatic carboxylic acids is 1. The van der Waals surface area contributed by atoms with Crippen molar-refractivity contribution in [2.45, 2.75) is 17.4 Å². The lowest BCUT2D eigenvalue weighted by atomic mass is 10.3. The predicted molar refractivity (Wildman–Crippen MR) is 58.6 cm³/mol. The molecule has 0 saturated carbocycles. The molecule has 0 fully saturated rings. The Kier molecular flexibility index (Phi) is 4.72. The summed E-state index contributed by atoms with van der Waals surface area (Å²) in [5.74, 6) is -0.509. The van der Waals surface area contributed by atoms with Crippen LogP contribution >= 0.6 is 23.2 Å². The molecule has 1 aromatic rings. The van der Waals surface area contributed by atoms with E-state index in [9.17, 15) is 4.79 Å². The van der Waals surface area contributed by atoms with Gasteiger partial charge >= 0.3 is 5.97 Å². The van der Waals surface area contributed by atoms with Crippen LogP contribution in [0.2, 0.25) is 0 Å². The summed E-state index contributed by atoms with van der Waals surface area (Å²) in [6.07, 6.45) is 0.0489. The second kappa shape index (κ2) is 5.83. The fourth-order valence-electron chi connectivity index (χ4n) is 0.958. The highest BCUT2D eigenvalue weighted by Crippen LogP contribution is 2.17. The number of halogens is 2. The number of alkyl halides is 2. The largest absolute Gasteiger partial charge is 0.480 e. The second-order valence-electron chi connectivity index (χ2n) is 2.88. The van der Waals surface area contributed by atoms with Gasteiger partial charge in [0.1, 0.15) is 11.1 Å². The van der Waals surface area contributed by atoms with Crippen LogP contribution in [0.15, 0.2) is 30.3 Å². The Balaban J connectivity index is 2.43. The van der Waals surface area contributed by atoms with Gasteiger partial charge < -0.3 is 9.84 Å². The second-order valence-corrected chi connectivity index (χ2v) is 3.90. The van der Waals surface area contributed by atoms with Crippen molar-refractivity contribution in [2.24, 2.45) is 0 Å². The van der Waals surface area contributed by atoms with Crippen molar-refractivity contribution in [3.63, 3.8) is 0 Å². The third-order valence-corrected chi connectivity index (χ3v) is 2.30. The van der Waals surface area contributed by atoms with E-state index in [-0.39, 0.29) is 6.42 Å². The summed E-state index contributed by atoms with van der Waals surface area (Å²) in [6.45, 7) is 0. The van der Waals surface area contributed by atoms with Gasteiger partial charge in [0.05, 0.1) is 0 Å². The molecule has 1 rings (SSSR count). The van der Waals surface area contributed by atoms with Crippen LogP contribution in [0, 0.1) is 0 Å². The lowest BCUT2D eigenvalue weighted by Crippen LogP contribution is -2.21. The van der Waals surface area contributed by atoms with Crippen molar-refractivity contribution in [1.82, 2.24) is 0 Å². The zero-order valence-electron chi connectivity index (χ0n) is 7.77. The number of carboxylic acids is 1. The molecule has 3 nitrogen and oxygen atoms in total. The van der Waals surface area contributed by atoms with Crippen molar-refractivity contribution in [1.29, 1.82) is 0 Å². The van der Waals surface area contributed by atoms with Crippen LogP contribution in [0.1, 0.15) is 6.42 Å². The molecule has 82 valence electrons. The minimum absolute atomic E-state index is 0.0489. The highest BCUT2D eigenvalue weighted by atomic mass is 35.5. The quantitative estimate of drug-likeness (QED) is 0.816. The molecule has 0 saturated heterocycles. The molecule has 0 heterocycles. The first-order chi connectivity index (χ1) is 7.09. The van der Waals surface area contributed by atoms with Gasteiger partial charge in [-0.15, -0.1) is 11.6 Å². The molecular weight excluding hydrogens is 239 g/mol. The number of carboxylic acid groups (broad SMARTS) is 1. The molecule has 2 atom stereocenters. The molecule has 5 heteroatoms. The van der Waals surface area contributed by atoms with E-state index >= 15 is 0 Å². The van der Waals surface area contributed by atoms with Crippen molar-refractivity contribution in [3.05, 3.63) is 30.3 Å². The van der Waals surface area contributed by atoms with Gasteiger partial charge in [-0.25, -0.2) is 0 Å². The Hall–Kier alpha value is -0.930. The van der Waals surface area contributed by atoms with Gasteiger partial charge in [0.15, 0.2) is 5.56 Å². The molecule has 1 N–H and O–H groups in total. The molecule has 0 radical (unpaired) electrons. The van der Waals surface area contributed by atoms with Crippen molar-refractivity contribution in [3.8, 4) is 5.75 Å². The van der Waals surface area contributed by atoms with Gasteiger partial charge in [0.2, 0.25) is 0 Å². The number of benzene rings is 1. The third-order valence-electron chi connectivity index (χ3n) is 1.67. The number of hydrogen-bond donors (Lipinski definition) is 1. The van der Waals surface area contributed by atoms with E-state index in [0.717, 1.165) is 0 Å². The smallest absolute Gasteiger partial charge is 0.321 e. The fourth-order valence-corrected chi connectivity index (χ4v) is 1.49. The van der Waals surface area contributed by atoms with E-state index in [1.807, 2.05) is 6.07 Å². The van der Waals surface area contributed by atoms with Gasteiger partial charge in [-0.2, -0.15) is 0 Å². The van der Waals surface area contributed by atoms with Crippen LogP contribution in [-0.4, -0.2) is 22.0 Å². The molecule has 1 aromatic carbocycles. The monoisotopic (exact) mass is 248 g/mol. The van der Waals surface area contributed by atoms with Gasteiger partial charge in [0, 0.05) is 6.42 Å². The van der Waals surface area contributed by atoms with Gasteiger partial charge in [-0.1, -0.05) is 29.8 Å². The molecule has 0 aliphatic carbocycles. The van der Waals surface area contributed by atoms with Gasteiger partial charge in [0.25, 0.3) is 0 Å². The van der Waals surface area contributed by atoms with Crippen molar-refractivity contribution >= 4 is 29.2 Å². The standard InChI is InChI=1S/C10H10Cl2O3/c11-8(10(13)14)6-9(12)15-7-4-2-1-3-5-7/h1-5,8-9H,6H2,(H,13,14). The Labute approximate surface area is 97.6 Å². The maximum absolute atomic E-state index is 10.4. The normalized spacial score (nSPS) is 14.3. The number of carbonyl (C=O) groups is 1. The van der Waals surface area contributed by atoms with Crippen LogP contribution in [0.5, 0.6) is 5.75 Å². The van der Waals surface area contributed by atoms with Gasteiger partial charge in [-0.3, -0.25) is 4.79 Å². The minimum atomic E-state index is -1.10. The summed E-state index contributed by atoms with van der Waals surface area (Å²) in [5, 5.41) is 7.52. The van der Waals surface area contributed by atoms with Crippen molar-refractivity contribution < 1.29 is 14.6 Å². The maximum atomic E-state index is 10.4. The third kappa shape index (κ3) is 4.40. The average Bonchev–Trinajstić information content (AvgIpc) is 2.18. The molecule has 0 aromatic heterocycles. The predicted octanol–water partition coefficient (Wildman–Crippen LogP) is 2.71. The van der Waals surface area contributed by atoms with E-state index in [0.29, 0.717) is 5.75 Å². The van der Waals surface area contributed by atoms with Crippen LogP contribution < -0.4 is 4.74 Å². The Morgan fingerprint density at radius 3 is 2.47 bits per heavy atom. The number of para-hydroxylation sites is 1. The SMILES string of the molecule is O=C(O)C(Cl)CC(Cl)Oc1ccccc1. The molecule has 0 amide bonds. The molecule has 0 aliphatic rings. The number of hydrogen-bond acceptors (Lipinski definition) is 2. The average molecular weight is 249 g/mol. The molecule has 0 bridgehead atoms. The molecule has 2 unspecified atom stereocenters. The molecule has 0 aliphatic heterocycles. The van der Waals surface area contributed by atoms with Crippen LogP contribution in [0.3, 0.4) is 0 Å². The summed E-state index contributed by atoms with van der Waals surface area (Å²) >= 11 is 11.3. The van der Waals surface area contributed by atoms with Crippen LogP contribution in [0.25, 0.3) is 0 Å². The highest BCUT2D eigenvalue weighted by Gasteiger charge is 2.19. The minimum Gasteiger partial charge on any atom is -0.480 e. The molecule has 0 spiro atoms. The first kappa shape index (κ1) is 12.1. The summed E-state index contributed by atoms with van der Waals surface area (Å²) < 4.78 is 5.25. The van der Waals surface area contributed by atoms with E-state index in [4.69, 9.17) is 33.0 Å². The van der Waals surface area contributed by atoms with E-state index in [1.54, 1.807) is 24.3 Å². The lowest BCUT2D eigenvalue weighted by Gasteiger charge is -2.13. The first-order valence-corrected chi connectivity index (χ1v) is 5.19. The van der Waals surface area contributed by atoms with E-state index in [2.05, 4.69) is 0 Å². The zero-order valence-corrected chi connectivity index (χ0v) is 9.28. The summed E-state index contributed by atoms with van der Waals surface area (Å²) in [5.41, 5.74) is -0.744. The summed E-state index contributed by atoms with van der Waals surface area (Å²) in [4.78, 5) is 10.4. The number of rotatable bonds is 5. The lowest BCUT2D eigenvalue weighted by molar-refractivity contribution is -0.136. The fraction of sp³-hybridized carbons (Fsp3) is 0.300. The maximum Gasteiger partial charge on any atom is 0.321 e. The Bertz CT molecular complexity index is 316. The molecule has 15 heavy (non-hydrogen) atoms. The van der Waals surface area contributed by atoms with Crippen molar-refractivity contribution in [2.75, 3.05) is 0 Å². The van der Waals surface area contributed by atoms with E-state index in [1.165, 1.54) is 0 Å². The summed E-state index contributed by atoms with van der Waals surface area (Å²) in [6, 6.07) is 8.92. The molecular formula is C10H10Cl2O3. The Morgan fingerprint density at radius 2 is 1.93 bits per heavy atom. The summed E-state index contributed by atoms with van der Waals surface area (Å²) in [7, 11) is 0. The topological polar surface area (TPSA) is 46.5 Å². The van der Waals surface area contributed by atoms with Gasteiger partial charge in [-0.05, 0) is 12.1 Å². The van der Waals surface area contributed by atoms with Crippen LogP contribution in [0.4, 0.5) is 0 Å². The highest BCUT2D eigenvalue weighted by molar-refractivity contribution is 6.30. The zero-order chi connectivity index (χ0) is 11.3.